The first kappa shape index (κ1) is 34.2. The zero-order chi connectivity index (χ0) is 31.2. The van der Waals surface area contributed by atoms with Crippen molar-refractivity contribution in [2.45, 2.75) is 135 Å². The molecule has 10 nitrogen and oxygen atoms in total. The number of carbonyl (C=O) groups is 2. The Bertz CT molecular complexity index is 1220. The predicted octanol–water partition coefficient (Wildman–Crippen LogP) is 6.43. The highest BCUT2D eigenvalue weighted by Gasteiger charge is 2.52. The van der Waals surface area contributed by atoms with Gasteiger partial charge in [-0.05, 0) is 19.3 Å². The minimum absolute atomic E-state index is 0.113. The van der Waals surface area contributed by atoms with Gasteiger partial charge in [0.25, 0.3) is 0 Å². The summed E-state index contributed by atoms with van der Waals surface area (Å²) in [5, 5.41) is 0. The summed E-state index contributed by atoms with van der Waals surface area (Å²) < 4.78 is 33.5. The zero-order valence-corrected chi connectivity index (χ0v) is 26.0. The molecular weight excluding hydrogens is 553 g/mol. The van der Waals surface area contributed by atoms with Crippen molar-refractivity contribution in [2.24, 2.45) is 5.92 Å². The van der Waals surface area contributed by atoms with E-state index < -0.39 is 30.0 Å². The van der Waals surface area contributed by atoms with Crippen molar-refractivity contribution >= 4 is 28.9 Å². The molecule has 43 heavy (non-hydrogen) atoms. The molecule has 1 saturated heterocycles. The number of nitrogens with two attached hydrogens (primary N) is 1. The number of nitrogens with zero attached hydrogens (tertiary/aromatic N) is 4. The van der Waals surface area contributed by atoms with Gasteiger partial charge in [0.2, 0.25) is 5.60 Å². The fourth-order valence-corrected chi connectivity index (χ4v) is 5.64. The van der Waals surface area contributed by atoms with E-state index in [2.05, 4.69) is 27.8 Å². The molecule has 0 aromatic carbocycles. The van der Waals surface area contributed by atoms with Crippen molar-refractivity contribution in [1.29, 1.82) is 0 Å². The van der Waals surface area contributed by atoms with Gasteiger partial charge in [-0.15, -0.1) is 6.42 Å². The second-order valence-corrected chi connectivity index (χ2v) is 11.5. The molecule has 0 saturated carbocycles. The third-order valence-corrected chi connectivity index (χ3v) is 8.05. The third kappa shape index (κ3) is 9.36. The number of halogens is 1. The Kier molecular flexibility index (Phi) is 13.6. The van der Waals surface area contributed by atoms with Crippen LogP contribution in [0.1, 0.15) is 123 Å². The standard InChI is InChI=1S/C32H48FN5O5/c1-5-9-10-11-12-13-14-15-16-19-26(39)42-24-20-25(38-22-35-27-28(34)36-31(33)37-29(27)38)43-32(24,8-4)21-41-30(40)23(17-6-2)18-7-3/h4,22-25H,5-7,9-21H2,1-3H3,(H2,34,36,37)/t24-,25+,32+/m0/s1. The summed E-state index contributed by atoms with van der Waals surface area (Å²) in [5.41, 5.74) is 4.61. The SMILES string of the molecule is C#C[C@]1(COC(=O)C(CCC)CCC)O[C@@H](n2cnc3c(N)nc(F)nc32)C[C@@H]1OC(=O)CCCCCCCCCCC. The molecule has 3 rings (SSSR count). The van der Waals surface area contributed by atoms with Gasteiger partial charge in [-0.25, -0.2) is 4.98 Å². The number of nitrogen functional groups attached to an aromatic ring is 1. The van der Waals surface area contributed by atoms with E-state index in [9.17, 15) is 14.0 Å². The number of ether oxygens (including phenoxy) is 3. The number of carbonyl (C=O) groups excluding carboxylic acids is 2. The van der Waals surface area contributed by atoms with Crippen LogP contribution >= 0.6 is 0 Å². The van der Waals surface area contributed by atoms with Gasteiger partial charge >= 0.3 is 18.0 Å². The second kappa shape index (κ2) is 17.1. The number of anilines is 1. The molecule has 2 aromatic rings. The van der Waals surface area contributed by atoms with Crippen molar-refractivity contribution in [2.75, 3.05) is 12.3 Å². The number of rotatable bonds is 19. The van der Waals surface area contributed by atoms with Crippen LogP contribution in [0.25, 0.3) is 11.2 Å². The lowest BCUT2D eigenvalue weighted by molar-refractivity contribution is -0.169. The van der Waals surface area contributed by atoms with E-state index in [4.69, 9.17) is 26.4 Å². The maximum absolute atomic E-state index is 14.0. The zero-order valence-electron chi connectivity index (χ0n) is 26.0. The second-order valence-electron chi connectivity index (χ2n) is 11.5. The van der Waals surface area contributed by atoms with Crippen molar-refractivity contribution < 1.29 is 28.2 Å². The van der Waals surface area contributed by atoms with Crippen LogP contribution in [-0.4, -0.2) is 49.8 Å². The molecule has 1 fully saturated rings. The molecule has 11 heteroatoms. The fourth-order valence-electron chi connectivity index (χ4n) is 5.64. The highest BCUT2D eigenvalue weighted by Crippen LogP contribution is 2.40. The largest absolute Gasteiger partial charge is 0.461 e. The number of aromatic nitrogens is 4. The maximum Gasteiger partial charge on any atom is 0.312 e. The lowest BCUT2D eigenvalue weighted by atomic mass is 9.97. The van der Waals surface area contributed by atoms with Gasteiger partial charge in [0.1, 0.15) is 18.9 Å². The molecule has 3 atom stereocenters. The molecule has 0 spiro atoms. The van der Waals surface area contributed by atoms with Gasteiger partial charge in [-0.3, -0.25) is 14.2 Å². The minimum atomic E-state index is -1.55. The summed E-state index contributed by atoms with van der Waals surface area (Å²) in [6.45, 7) is 5.94. The molecule has 1 aliphatic rings. The van der Waals surface area contributed by atoms with Crippen LogP contribution in [0.2, 0.25) is 0 Å². The molecule has 1 aliphatic heterocycles. The van der Waals surface area contributed by atoms with Crippen LogP contribution in [0.4, 0.5) is 10.2 Å². The fraction of sp³-hybridized carbons (Fsp3) is 0.719. The first-order valence-corrected chi connectivity index (χ1v) is 16.0. The van der Waals surface area contributed by atoms with Crippen LogP contribution in [0, 0.1) is 24.3 Å². The van der Waals surface area contributed by atoms with E-state index in [1.807, 2.05) is 13.8 Å². The van der Waals surface area contributed by atoms with Crippen LogP contribution < -0.4 is 5.73 Å². The molecule has 2 aromatic heterocycles. The van der Waals surface area contributed by atoms with Crippen molar-refractivity contribution in [3.63, 3.8) is 0 Å². The van der Waals surface area contributed by atoms with E-state index in [0.717, 1.165) is 32.1 Å². The molecule has 2 N–H and O–H groups in total. The number of hydrogen-bond donors (Lipinski definition) is 1. The third-order valence-electron chi connectivity index (χ3n) is 8.05. The molecular formula is C32H48FN5O5. The van der Waals surface area contributed by atoms with Crippen molar-refractivity contribution in [1.82, 2.24) is 19.5 Å². The van der Waals surface area contributed by atoms with Gasteiger partial charge in [-0.1, -0.05) is 90.9 Å². The molecule has 3 heterocycles. The Hall–Kier alpha value is -3.26. The van der Waals surface area contributed by atoms with E-state index >= 15 is 0 Å². The summed E-state index contributed by atoms with van der Waals surface area (Å²) in [6, 6.07) is 0. The monoisotopic (exact) mass is 601 g/mol. The number of terminal acetylenes is 1. The topological polar surface area (TPSA) is 131 Å². The van der Waals surface area contributed by atoms with E-state index in [1.165, 1.54) is 43.0 Å². The van der Waals surface area contributed by atoms with Crippen molar-refractivity contribution in [3.05, 3.63) is 12.4 Å². The highest BCUT2D eigenvalue weighted by molar-refractivity contribution is 5.81. The summed E-state index contributed by atoms with van der Waals surface area (Å²) in [5.74, 6) is 1.49. The molecule has 0 unspecified atom stereocenters. The Balaban J connectivity index is 1.70. The number of unbranched alkanes of at least 4 members (excludes halogenated alkanes) is 8. The minimum Gasteiger partial charge on any atom is -0.461 e. The Morgan fingerprint density at radius 1 is 1.09 bits per heavy atom. The average Bonchev–Trinajstić information content (AvgIpc) is 3.56. The quantitative estimate of drug-likeness (QED) is 0.0837. The van der Waals surface area contributed by atoms with Gasteiger partial charge in [0, 0.05) is 12.8 Å². The normalized spacial score (nSPS) is 20.0. The number of hydrogen-bond acceptors (Lipinski definition) is 9. The number of imidazole rings is 1. The van der Waals surface area contributed by atoms with Gasteiger partial charge in [0.15, 0.2) is 17.0 Å². The summed E-state index contributed by atoms with van der Waals surface area (Å²) >= 11 is 0. The predicted molar refractivity (Wildman–Crippen MR) is 162 cm³/mol. The van der Waals surface area contributed by atoms with Crippen LogP contribution in [-0.2, 0) is 23.8 Å². The van der Waals surface area contributed by atoms with E-state index in [0.29, 0.717) is 19.3 Å². The molecule has 0 radical (unpaired) electrons. The van der Waals surface area contributed by atoms with Gasteiger partial charge < -0.3 is 19.9 Å². The van der Waals surface area contributed by atoms with Crippen LogP contribution in [0.3, 0.4) is 0 Å². The average molecular weight is 602 g/mol. The molecule has 0 amide bonds. The van der Waals surface area contributed by atoms with Crippen LogP contribution in [0.5, 0.6) is 0 Å². The Morgan fingerprint density at radius 2 is 1.74 bits per heavy atom. The highest BCUT2D eigenvalue weighted by atomic mass is 19.1. The van der Waals surface area contributed by atoms with Gasteiger partial charge in [0.05, 0.1) is 12.2 Å². The summed E-state index contributed by atoms with van der Waals surface area (Å²) in [7, 11) is 0. The maximum atomic E-state index is 14.0. The molecule has 0 aliphatic carbocycles. The van der Waals surface area contributed by atoms with Crippen LogP contribution in [0.15, 0.2) is 6.33 Å². The van der Waals surface area contributed by atoms with Crippen molar-refractivity contribution in [3.8, 4) is 12.3 Å². The van der Waals surface area contributed by atoms with E-state index in [1.54, 1.807) is 0 Å². The Labute approximate surface area is 254 Å². The first-order chi connectivity index (χ1) is 20.8. The van der Waals surface area contributed by atoms with E-state index in [-0.39, 0.29) is 48.3 Å². The van der Waals surface area contributed by atoms with Gasteiger partial charge in [-0.2, -0.15) is 14.4 Å². The summed E-state index contributed by atoms with van der Waals surface area (Å²) in [4.78, 5) is 37.5. The summed E-state index contributed by atoms with van der Waals surface area (Å²) in [6.07, 6.45) is 18.2. The lowest BCUT2D eigenvalue weighted by Gasteiger charge is -2.29. The number of fused-ring (bicyclic) bond motifs is 1. The lowest BCUT2D eigenvalue weighted by Crippen LogP contribution is -2.46. The molecule has 0 bridgehead atoms. The first-order valence-electron chi connectivity index (χ1n) is 16.0. The number of esters is 2. The Morgan fingerprint density at radius 3 is 2.37 bits per heavy atom. The smallest absolute Gasteiger partial charge is 0.312 e. The molecule has 238 valence electrons.